The number of nitrogens with zero attached hydrogens (tertiary/aromatic N) is 3. The van der Waals surface area contributed by atoms with Gasteiger partial charge in [0.05, 0.1) is 11.0 Å². The third-order valence-electron chi connectivity index (χ3n) is 6.20. The predicted octanol–water partition coefficient (Wildman–Crippen LogP) is 4.71. The number of hydrogen-bond donors (Lipinski definition) is 3. The molecule has 1 unspecified atom stereocenters. The van der Waals surface area contributed by atoms with Crippen LogP contribution in [-0.4, -0.2) is 27.5 Å². The molecule has 0 aliphatic heterocycles. The van der Waals surface area contributed by atoms with E-state index >= 15 is 0 Å². The highest BCUT2D eigenvalue weighted by molar-refractivity contribution is 5.57. The Hall–Kier alpha value is -3.52. The van der Waals surface area contributed by atoms with E-state index in [0.717, 1.165) is 37.7 Å². The number of nitrogens with one attached hydrogen (secondary N) is 2. The molecule has 1 atom stereocenters. The molecule has 1 aliphatic carbocycles. The van der Waals surface area contributed by atoms with E-state index in [1.54, 1.807) is 0 Å². The van der Waals surface area contributed by atoms with Crippen molar-refractivity contribution in [1.82, 2.24) is 9.97 Å². The molecule has 172 valence electrons. The maximum Gasteiger partial charge on any atom is 0.329 e. The number of rotatable bonds is 9. The van der Waals surface area contributed by atoms with Crippen LogP contribution in [0.1, 0.15) is 42.9 Å². The van der Waals surface area contributed by atoms with Crippen LogP contribution in [0.3, 0.4) is 0 Å². The lowest BCUT2D eigenvalue weighted by Gasteiger charge is -2.26. The van der Waals surface area contributed by atoms with Gasteiger partial charge in [0, 0.05) is 12.6 Å². The maximum absolute atomic E-state index is 11.6. The highest BCUT2D eigenvalue weighted by Gasteiger charge is 2.23. The lowest BCUT2D eigenvalue weighted by molar-refractivity contribution is -0.384. The van der Waals surface area contributed by atoms with Crippen molar-refractivity contribution in [2.75, 3.05) is 17.2 Å². The Morgan fingerprint density at radius 3 is 2.36 bits per heavy atom. The fourth-order valence-corrected chi connectivity index (χ4v) is 4.29. The molecule has 8 heteroatoms. The number of hydrogen-bond acceptors (Lipinski definition) is 7. The van der Waals surface area contributed by atoms with E-state index in [-0.39, 0.29) is 23.6 Å². The van der Waals surface area contributed by atoms with Crippen molar-refractivity contribution < 1.29 is 4.92 Å². The fourth-order valence-electron chi connectivity index (χ4n) is 4.29. The van der Waals surface area contributed by atoms with Gasteiger partial charge in [0.1, 0.15) is 6.20 Å². The number of nitro groups is 1. The topological polar surface area (TPSA) is 119 Å². The van der Waals surface area contributed by atoms with Gasteiger partial charge in [-0.1, -0.05) is 60.7 Å². The van der Waals surface area contributed by atoms with Crippen LogP contribution in [0, 0.1) is 16.0 Å². The van der Waals surface area contributed by atoms with Gasteiger partial charge in [-0.15, -0.1) is 0 Å². The van der Waals surface area contributed by atoms with Gasteiger partial charge in [-0.3, -0.25) is 10.1 Å². The monoisotopic (exact) mass is 446 g/mol. The molecular weight excluding hydrogens is 416 g/mol. The van der Waals surface area contributed by atoms with Crippen LogP contribution in [0.2, 0.25) is 0 Å². The Bertz CT molecular complexity index is 1040. The Morgan fingerprint density at radius 2 is 1.70 bits per heavy atom. The number of nitrogens with two attached hydrogens (primary N) is 1. The molecule has 0 bridgehead atoms. The van der Waals surface area contributed by atoms with Crippen LogP contribution in [-0.2, 0) is 6.42 Å². The van der Waals surface area contributed by atoms with Crippen LogP contribution in [0.4, 0.5) is 17.5 Å². The first kappa shape index (κ1) is 22.7. The summed E-state index contributed by atoms with van der Waals surface area (Å²) in [6.07, 6.45) is 6.03. The van der Waals surface area contributed by atoms with Crippen LogP contribution in [0.25, 0.3) is 0 Å². The van der Waals surface area contributed by atoms with Gasteiger partial charge >= 0.3 is 5.69 Å². The summed E-state index contributed by atoms with van der Waals surface area (Å²) in [6, 6.07) is 20.4. The zero-order valence-electron chi connectivity index (χ0n) is 18.6. The van der Waals surface area contributed by atoms with Gasteiger partial charge in [0.2, 0.25) is 11.8 Å². The summed E-state index contributed by atoms with van der Waals surface area (Å²) < 4.78 is 0. The second-order valence-corrected chi connectivity index (χ2v) is 8.64. The minimum atomic E-state index is -0.443. The Kier molecular flexibility index (Phi) is 7.47. The normalized spacial score (nSPS) is 18.9. The zero-order chi connectivity index (χ0) is 23.0. The number of benzene rings is 2. The zero-order valence-corrected chi connectivity index (χ0v) is 18.6. The second kappa shape index (κ2) is 10.9. The molecular formula is C25H30N6O2. The van der Waals surface area contributed by atoms with E-state index < -0.39 is 4.92 Å². The largest absolute Gasteiger partial charge is 0.364 e. The van der Waals surface area contributed by atoms with Crippen molar-refractivity contribution in [3.8, 4) is 0 Å². The molecule has 1 aliphatic rings. The highest BCUT2D eigenvalue weighted by Crippen LogP contribution is 2.28. The van der Waals surface area contributed by atoms with Crippen molar-refractivity contribution >= 4 is 17.5 Å². The molecule has 1 saturated carbocycles. The van der Waals surface area contributed by atoms with Gasteiger partial charge in [-0.05, 0) is 49.1 Å². The van der Waals surface area contributed by atoms with Gasteiger partial charge in [-0.2, -0.15) is 4.98 Å². The van der Waals surface area contributed by atoms with Crippen molar-refractivity contribution in [3.05, 3.63) is 88.1 Å². The first-order chi connectivity index (χ1) is 16.1. The predicted molar refractivity (Wildman–Crippen MR) is 130 cm³/mol. The van der Waals surface area contributed by atoms with Crippen molar-refractivity contribution in [3.63, 3.8) is 0 Å². The Balaban J connectivity index is 1.53. The quantitative estimate of drug-likeness (QED) is 0.322. The first-order valence-electron chi connectivity index (χ1n) is 11.4. The molecule has 0 radical (unpaired) electrons. The molecule has 8 nitrogen and oxygen atoms in total. The summed E-state index contributed by atoms with van der Waals surface area (Å²) in [5, 5.41) is 18.2. The molecule has 1 aromatic heterocycles. The van der Waals surface area contributed by atoms with E-state index in [9.17, 15) is 10.1 Å². The SMILES string of the molecule is NC1CCC(CNc2nc(NC(Cc3ccccc3)c3ccccc3)ncc2[N+](=O)[O-])CC1. The summed E-state index contributed by atoms with van der Waals surface area (Å²) in [5.41, 5.74) is 8.15. The molecule has 4 rings (SSSR count). The average Bonchev–Trinajstić information content (AvgIpc) is 2.84. The lowest BCUT2D eigenvalue weighted by atomic mass is 9.86. The number of aromatic nitrogens is 2. The molecule has 3 aromatic rings. The molecule has 1 heterocycles. The van der Waals surface area contributed by atoms with E-state index in [0.29, 0.717) is 18.4 Å². The third kappa shape index (κ3) is 6.26. The highest BCUT2D eigenvalue weighted by atomic mass is 16.6. The summed E-state index contributed by atoms with van der Waals surface area (Å²) >= 11 is 0. The summed E-state index contributed by atoms with van der Waals surface area (Å²) in [6.45, 7) is 0.635. The van der Waals surface area contributed by atoms with Gasteiger partial charge < -0.3 is 16.4 Å². The number of anilines is 2. The van der Waals surface area contributed by atoms with Gasteiger partial charge in [0.25, 0.3) is 0 Å². The van der Waals surface area contributed by atoms with Crippen LogP contribution in [0.5, 0.6) is 0 Å². The minimum absolute atomic E-state index is 0.0808. The molecule has 0 saturated heterocycles. The van der Waals surface area contributed by atoms with Crippen LogP contribution in [0.15, 0.2) is 66.9 Å². The molecule has 0 spiro atoms. The molecule has 1 fully saturated rings. The summed E-state index contributed by atoms with van der Waals surface area (Å²) in [4.78, 5) is 19.9. The third-order valence-corrected chi connectivity index (χ3v) is 6.20. The molecule has 33 heavy (non-hydrogen) atoms. The fraction of sp³-hybridized carbons (Fsp3) is 0.360. The minimum Gasteiger partial charge on any atom is -0.364 e. The van der Waals surface area contributed by atoms with Crippen molar-refractivity contribution in [2.45, 2.75) is 44.2 Å². The standard InChI is InChI=1S/C25H30N6O2/c26-21-13-11-19(12-14-21)16-27-24-23(31(32)33)17-28-25(30-24)29-22(20-9-5-2-6-10-20)15-18-7-3-1-4-8-18/h1-10,17,19,21-22H,11-16,26H2,(H2,27,28,29,30). The lowest BCUT2D eigenvalue weighted by Crippen LogP contribution is -2.29. The van der Waals surface area contributed by atoms with Crippen molar-refractivity contribution in [2.24, 2.45) is 11.7 Å². The average molecular weight is 447 g/mol. The second-order valence-electron chi connectivity index (χ2n) is 8.64. The van der Waals surface area contributed by atoms with E-state index in [2.05, 4.69) is 44.9 Å². The van der Waals surface area contributed by atoms with Gasteiger partial charge in [-0.25, -0.2) is 4.98 Å². The Labute approximate surface area is 193 Å². The first-order valence-corrected chi connectivity index (χ1v) is 11.4. The molecule has 2 aromatic carbocycles. The summed E-state index contributed by atoms with van der Waals surface area (Å²) in [7, 11) is 0. The van der Waals surface area contributed by atoms with Crippen LogP contribution >= 0.6 is 0 Å². The molecule has 0 amide bonds. The maximum atomic E-state index is 11.6. The van der Waals surface area contributed by atoms with Crippen molar-refractivity contribution in [1.29, 1.82) is 0 Å². The van der Waals surface area contributed by atoms with E-state index in [1.165, 1.54) is 11.8 Å². The van der Waals surface area contributed by atoms with E-state index in [4.69, 9.17) is 5.73 Å². The Morgan fingerprint density at radius 1 is 1.03 bits per heavy atom. The van der Waals surface area contributed by atoms with Crippen LogP contribution < -0.4 is 16.4 Å². The van der Waals surface area contributed by atoms with E-state index in [1.807, 2.05) is 36.4 Å². The van der Waals surface area contributed by atoms with Gasteiger partial charge in [0.15, 0.2) is 0 Å². The molecule has 4 N–H and O–H groups in total. The summed E-state index contributed by atoms with van der Waals surface area (Å²) in [5.74, 6) is 1.04. The smallest absolute Gasteiger partial charge is 0.329 e.